The van der Waals surface area contributed by atoms with Gasteiger partial charge in [-0.05, 0) is 32.6 Å². The molecule has 0 aromatic rings. The molecule has 0 aliphatic carbocycles. The number of hydrogen-bond acceptors (Lipinski definition) is 3. The fourth-order valence-electron chi connectivity index (χ4n) is 2.16. The van der Waals surface area contributed by atoms with Crippen LogP contribution in [0.4, 0.5) is 0 Å². The molecule has 4 nitrogen and oxygen atoms in total. The third-order valence-electron chi connectivity index (χ3n) is 3.63. The summed E-state index contributed by atoms with van der Waals surface area (Å²) in [7, 11) is 0. The molecule has 4 heteroatoms. The van der Waals surface area contributed by atoms with E-state index in [0.29, 0.717) is 12.1 Å². The van der Waals surface area contributed by atoms with Gasteiger partial charge in [-0.2, -0.15) is 0 Å². The van der Waals surface area contributed by atoms with E-state index < -0.39 is 0 Å². The van der Waals surface area contributed by atoms with Crippen LogP contribution in [0.1, 0.15) is 40.5 Å². The van der Waals surface area contributed by atoms with E-state index in [4.69, 9.17) is 5.73 Å². The standard InChI is InChI=1S/C13H27N3O/c1-9(2)12(14)13(17)15-11-5-7-16(8-6-11)10(3)4/h9-12H,5-8,14H2,1-4H3,(H,15,17)/t12-/m1/s1. The highest BCUT2D eigenvalue weighted by molar-refractivity contribution is 5.82. The highest BCUT2D eigenvalue weighted by Gasteiger charge is 2.24. The van der Waals surface area contributed by atoms with E-state index in [1.165, 1.54) is 0 Å². The molecule has 3 N–H and O–H groups in total. The number of rotatable bonds is 4. The summed E-state index contributed by atoms with van der Waals surface area (Å²) in [4.78, 5) is 14.3. The number of likely N-dealkylation sites (tertiary alicyclic amines) is 1. The van der Waals surface area contributed by atoms with Gasteiger partial charge in [-0.15, -0.1) is 0 Å². The van der Waals surface area contributed by atoms with Gasteiger partial charge in [0.15, 0.2) is 0 Å². The van der Waals surface area contributed by atoms with Crippen LogP contribution in [0.2, 0.25) is 0 Å². The molecule has 0 unspecified atom stereocenters. The first-order valence-corrected chi connectivity index (χ1v) is 6.71. The summed E-state index contributed by atoms with van der Waals surface area (Å²) in [5.41, 5.74) is 5.83. The largest absolute Gasteiger partial charge is 0.352 e. The molecule has 1 heterocycles. The average Bonchev–Trinajstić information content (AvgIpc) is 2.28. The van der Waals surface area contributed by atoms with E-state index in [0.717, 1.165) is 25.9 Å². The van der Waals surface area contributed by atoms with E-state index in [-0.39, 0.29) is 17.9 Å². The number of nitrogens with zero attached hydrogens (tertiary/aromatic N) is 1. The second-order valence-electron chi connectivity index (χ2n) is 5.68. The Kier molecular flexibility index (Phi) is 5.40. The van der Waals surface area contributed by atoms with Gasteiger partial charge >= 0.3 is 0 Å². The molecule has 1 aliphatic rings. The Bertz CT molecular complexity index is 245. The SMILES string of the molecule is CC(C)[C@@H](N)C(=O)NC1CCN(C(C)C)CC1. The normalized spacial score (nSPS) is 20.9. The smallest absolute Gasteiger partial charge is 0.237 e. The zero-order chi connectivity index (χ0) is 13.0. The van der Waals surface area contributed by atoms with E-state index in [9.17, 15) is 4.79 Å². The molecular formula is C13H27N3O. The first-order chi connectivity index (χ1) is 7.91. The molecule has 1 atom stereocenters. The second kappa shape index (κ2) is 6.36. The second-order valence-corrected chi connectivity index (χ2v) is 5.68. The summed E-state index contributed by atoms with van der Waals surface area (Å²) < 4.78 is 0. The quantitative estimate of drug-likeness (QED) is 0.771. The van der Waals surface area contributed by atoms with Gasteiger partial charge < -0.3 is 16.0 Å². The zero-order valence-electron chi connectivity index (χ0n) is 11.6. The van der Waals surface area contributed by atoms with Crippen LogP contribution < -0.4 is 11.1 Å². The molecule has 0 aromatic carbocycles. The topological polar surface area (TPSA) is 58.4 Å². The predicted molar refractivity (Wildman–Crippen MR) is 70.7 cm³/mol. The number of carbonyl (C=O) groups excluding carboxylic acids is 1. The lowest BCUT2D eigenvalue weighted by Crippen LogP contribution is -2.51. The molecule has 1 rings (SSSR count). The van der Waals surface area contributed by atoms with Gasteiger partial charge in [-0.25, -0.2) is 0 Å². The average molecular weight is 241 g/mol. The van der Waals surface area contributed by atoms with Crippen molar-refractivity contribution in [3.8, 4) is 0 Å². The summed E-state index contributed by atoms with van der Waals surface area (Å²) in [5, 5.41) is 3.07. The zero-order valence-corrected chi connectivity index (χ0v) is 11.6. The molecule has 0 saturated carbocycles. The number of nitrogens with one attached hydrogen (secondary N) is 1. The summed E-state index contributed by atoms with van der Waals surface area (Å²) in [6, 6.07) is 0.532. The highest BCUT2D eigenvalue weighted by atomic mass is 16.2. The highest BCUT2D eigenvalue weighted by Crippen LogP contribution is 2.13. The third-order valence-corrected chi connectivity index (χ3v) is 3.63. The maximum Gasteiger partial charge on any atom is 0.237 e. The Morgan fingerprint density at radius 2 is 1.76 bits per heavy atom. The van der Waals surface area contributed by atoms with Crippen LogP contribution in [-0.4, -0.2) is 42.0 Å². The fraction of sp³-hybridized carbons (Fsp3) is 0.923. The minimum absolute atomic E-state index is 0.00277. The lowest BCUT2D eigenvalue weighted by molar-refractivity contribution is -0.124. The van der Waals surface area contributed by atoms with E-state index in [1.807, 2.05) is 13.8 Å². The van der Waals surface area contributed by atoms with Gasteiger partial charge in [0.1, 0.15) is 0 Å². The Labute approximate surface area is 105 Å². The van der Waals surface area contributed by atoms with Crippen LogP contribution in [0, 0.1) is 5.92 Å². The number of amides is 1. The molecular weight excluding hydrogens is 214 g/mol. The first kappa shape index (κ1) is 14.5. The summed E-state index contributed by atoms with van der Waals surface area (Å²) in [6.07, 6.45) is 2.07. The molecule has 0 aromatic heterocycles. The van der Waals surface area contributed by atoms with Gasteiger partial charge in [-0.1, -0.05) is 13.8 Å². The van der Waals surface area contributed by atoms with Crippen molar-refractivity contribution in [3.05, 3.63) is 0 Å². The number of nitrogens with two attached hydrogens (primary N) is 1. The maximum absolute atomic E-state index is 11.8. The lowest BCUT2D eigenvalue weighted by atomic mass is 10.0. The molecule has 1 aliphatic heterocycles. The van der Waals surface area contributed by atoms with E-state index in [1.54, 1.807) is 0 Å². The summed E-state index contributed by atoms with van der Waals surface area (Å²) in [6.45, 7) is 10.5. The van der Waals surface area contributed by atoms with Crippen molar-refractivity contribution < 1.29 is 4.79 Å². The number of piperidine rings is 1. The Balaban J connectivity index is 2.33. The molecule has 0 radical (unpaired) electrons. The van der Waals surface area contributed by atoms with Crippen molar-refractivity contribution in [1.82, 2.24) is 10.2 Å². The molecule has 1 fully saturated rings. The van der Waals surface area contributed by atoms with Crippen LogP contribution in [0.5, 0.6) is 0 Å². The van der Waals surface area contributed by atoms with Gasteiger partial charge in [-0.3, -0.25) is 4.79 Å². The van der Waals surface area contributed by atoms with Crippen LogP contribution in [0.3, 0.4) is 0 Å². The lowest BCUT2D eigenvalue weighted by Gasteiger charge is -2.35. The Morgan fingerprint density at radius 3 is 2.18 bits per heavy atom. The van der Waals surface area contributed by atoms with Crippen molar-refractivity contribution in [2.75, 3.05) is 13.1 Å². The molecule has 100 valence electrons. The fourth-order valence-corrected chi connectivity index (χ4v) is 2.16. The summed E-state index contributed by atoms with van der Waals surface area (Å²) in [5.74, 6) is 0.203. The number of hydrogen-bond donors (Lipinski definition) is 2. The monoisotopic (exact) mass is 241 g/mol. The van der Waals surface area contributed by atoms with Crippen LogP contribution in [0.25, 0.3) is 0 Å². The summed E-state index contributed by atoms with van der Waals surface area (Å²) >= 11 is 0. The van der Waals surface area contributed by atoms with E-state index in [2.05, 4.69) is 24.1 Å². The molecule has 1 saturated heterocycles. The Morgan fingerprint density at radius 1 is 1.24 bits per heavy atom. The van der Waals surface area contributed by atoms with Gasteiger partial charge in [0.25, 0.3) is 0 Å². The third kappa shape index (κ3) is 4.28. The molecule has 0 bridgehead atoms. The van der Waals surface area contributed by atoms with Crippen molar-refractivity contribution >= 4 is 5.91 Å². The minimum atomic E-state index is -0.377. The van der Waals surface area contributed by atoms with Gasteiger partial charge in [0.05, 0.1) is 6.04 Å². The Hall–Kier alpha value is -0.610. The van der Waals surface area contributed by atoms with Gasteiger partial charge in [0.2, 0.25) is 5.91 Å². The van der Waals surface area contributed by atoms with Crippen molar-refractivity contribution in [3.63, 3.8) is 0 Å². The molecule has 1 amide bonds. The maximum atomic E-state index is 11.8. The van der Waals surface area contributed by atoms with E-state index >= 15 is 0 Å². The van der Waals surface area contributed by atoms with Crippen LogP contribution in [0.15, 0.2) is 0 Å². The molecule has 0 spiro atoms. The van der Waals surface area contributed by atoms with Crippen LogP contribution in [-0.2, 0) is 4.79 Å². The molecule has 17 heavy (non-hydrogen) atoms. The van der Waals surface area contributed by atoms with Crippen molar-refractivity contribution in [1.29, 1.82) is 0 Å². The number of carbonyl (C=O) groups is 1. The van der Waals surface area contributed by atoms with Crippen molar-refractivity contribution in [2.45, 2.75) is 58.7 Å². The van der Waals surface area contributed by atoms with Crippen LogP contribution >= 0.6 is 0 Å². The first-order valence-electron chi connectivity index (χ1n) is 6.71. The predicted octanol–water partition coefficient (Wildman–Crippen LogP) is 0.959. The minimum Gasteiger partial charge on any atom is -0.352 e. The van der Waals surface area contributed by atoms with Crippen molar-refractivity contribution in [2.24, 2.45) is 11.7 Å². The van der Waals surface area contributed by atoms with Gasteiger partial charge in [0, 0.05) is 25.2 Å².